The summed E-state index contributed by atoms with van der Waals surface area (Å²) in [6, 6.07) is 5.19. The normalized spacial score (nSPS) is 20.2. The minimum absolute atomic E-state index is 0.253. The van der Waals surface area contributed by atoms with Gasteiger partial charge in [-0.05, 0) is 49.1 Å². The Hall–Kier alpha value is -2.68. The zero-order valence-corrected chi connectivity index (χ0v) is 18.5. The van der Waals surface area contributed by atoms with Gasteiger partial charge in [-0.15, -0.1) is 0 Å². The van der Waals surface area contributed by atoms with Gasteiger partial charge < -0.3 is 9.80 Å². The third-order valence-electron chi connectivity index (χ3n) is 7.15. The Kier molecular flexibility index (Phi) is 5.99. The van der Waals surface area contributed by atoms with Crippen LogP contribution in [0.2, 0.25) is 0 Å². The molecule has 3 aliphatic rings. The number of piperazine rings is 1. The van der Waals surface area contributed by atoms with E-state index in [2.05, 4.69) is 14.8 Å². The lowest BCUT2D eigenvalue weighted by atomic mass is 9.91. The van der Waals surface area contributed by atoms with E-state index in [4.69, 9.17) is 4.98 Å². The predicted octanol–water partition coefficient (Wildman–Crippen LogP) is 3.41. The van der Waals surface area contributed by atoms with Crippen molar-refractivity contribution in [2.75, 3.05) is 44.2 Å². The van der Waals surface area contributed by atoms with E-state index in [1.807, 2.05) is 6.20 Å². The average Bonchev–Trinajstić information content (AvgIpc) is 3.00. The third-order valence-corrected chi connectivity index (χ3v) is 7.15. The highest BCUT2D eigenvalue weighted by molar-refractivity contribution is 5.94. The molecule has 1 saturated carbocycles. The van der Waals surface area contributed by atoms with Crippen molar-refractivity contribution in [1.29, 1.82) is 0 Å². The van der Waals surface area contributed by atoms with Gasteiger partial charge in [0.25, 0.3) is 5.91 Å². The summed E-state index contributed by atoms with van der Waals surface area (Å²) in [5.74, 6) is 0.501. The molecular weight excluding hydrogens is 431 g/mol. The standard InChI is InChI=1S/C24H28F3N5O/c25-24(26,27)19-6-4-17(5-7-19)22(33)31-10-8-18-16-28-23(29-21(18)9-11-31)32-14-12-30(13-15-32)20-2-1-3-20/h4-7,16,20H,1-3,8-15H2. The van der Waals surface area contributed by atoms with E-state index in [9.17, 15) is 18.0 Å². The molecule has 2 fully saturated rings. The second-order valence-corrected chi connectivity index (χ2v) is 9.12. The minimum atomic E-state index is -4.41. The molecule has 0 N–H and O–H groups in total. The second kappa shape index (κ2) is 8.93. The van der Waals surface area contributed by atoms with Crippen LogP contribution in [-0.4, -0.2) is 71.0 Å². The Morgan fingerprint density at radius 3 is 2.27 bits per heavy atom. The van der Waals surface area contributed by atoms with E-state index in [1.54, 1.807) is 4.90 Å². The lowest BCUT2D eigenvalue weighted by Crippen LogP contribution is -2.52. The first-order chi connectivity index (χ1) is 15.9. The number of amides is 1. The Bertz CT molecular complexity index is 998. The van der Waals surface area contributed by atoms with E-state index >= 15 is 0 Å². The highest BCUT2D eigenvalue weighted by Crippen LogP contribution is 2.29. The lowest BCUT2D eigenvalue weighted by molar-refractivity contribution is -0.137. The van der Waals surface area contributed by atoms with Crippen LogP contribution in [0.1, 0.15) is 46.4 Å². The Morgan fingerprint density at radius 2 is 1.64 bits per heavy atom. The number of rotatable bonds is 3. The first-order valence-electron chi connectivity index (χ1n) is 11.7. The number of benzene rings is 1. The minimum Gasteiger partial charge on any atom is -0.338 e. The molecule has 3 heterocycles. The van der Waals surface area contributed by atoms with Gasteiger partial charge in [-0.2, -0.15) is 13.2 Å². The fourth-order valence-corrected chi connectivity index (χ4v) is 4.84. The van der Waals surface area contributed by atoms with Crippen molar-refractivity contribution in [2.45, 2.75) is 44.3 Å². The molecule has 0 atom stereocenters. The maximum absolute atomic E-state index is 12.9. The fraction of sp³-hybridized carbons (Fsp3) is 0.542. The summed E-state index contributed by atoms with van der Waals surface area (Å²) in [5, 5.41) is 0. The van der Waals surface area contributed by atoms with Gasteiger partial charge in [0.15, 0.2) is 0 Å². The number of fused-ring (bicyclic) bond motifs is 1. The monoisotopic (exact) mass is 459 g/mol. The number of halogens is 3. The van der Waals surface area contributed by atoms with Crippen molar-refractivity contribution in [2.24, 2.45) is 0 Å². The number of hydrogen-bond donors (Lipinski definition) is 0. The van der Waals surface area contributed by atoms with Gasteiger partial charge in [-0.1, -0.05) is 6.42 Å². The summed E-state index contributed by atoms with van der Waals surface area (Å²) in [7, 11) is 0. The topological polar surface area (TPSA) is 52.6 Å². The molecule has 176 valence electrons. The zero-order valence-electron chi connectivity index (χ0n) is 18.5. The smallest absolute Gasteiger partial charge is 0.338 e. The molecule has 1 aliphatic carbocycles. The molecular formula is C24H28F3N5O. The summed E-state index contributed by atoms with van der Waals surface area (Å²) >= 11 is 0. The highest BCUT2D eigenvalue weighted by atomic mass is 19.4. The van der Waals surface area contributed by atoms with Crippen molar-refractivity contribution in [3.05, 3.63) is 52.8 Å². The Balaban J connectivity index is 1.22. The molecule has 1 aromatic carbocycles. The summed E-state index contributed by atoms with van der Waals surface area (Å²) < 4.78 is 38.4. The van der Waals surface area contributed by atoms with E-state index in [0.29, 0.717) is 25.9 Å². The molecule has 2 aliphatic heterocycles. The van der Waals surface area contributed by atoms with Crippen LogP contribution < -0.4 is 4.90 Å². The third kappa shape index (κ3) is 4.69. The van der Waals surface area contributed by atoms with Crippen molar-refractivity contribution in [3.63, 3.8) is 0 Å². The van der Waals surface area contributed by atoms with Gasteiger partial charge in [0.1, 0.15) is 0 Å². The van der Waals surface area contributed by atoms with E-state index in [1.165, 1.54) is 31.4 Å². The van der Waals surface area contributed by atoms with Crippen molar-refractivity contribution >= 4 is 11.9 Å². The van der Waals surface area contributed by atoms with Crippen LogP contribution in [0.3, 0.4) is 0 Å². The van der Waals surface area contributed by atoms with Gasteiger partial charge in [0.05, 0.1) is 11.3 Å². The first kappa shape index (κ1) is 22.1. The Morgan fingerprint density at radius 1 is 0.939 bits per heavy atom. The molecule has 1 aromatic heterocycles. The van der Waals surface area contributed by atoms with Gasteiger partial charge >= 0.3 is 6.18 Å². The number of anilines is 1. The van der Waals surface area contributed by atoms with Gasteiger partial charge in [-0.25, -0.2) is 9.97 Å². The Labute approximate surface area is 191 Å². The molecule has 6 nitrogen and oxygen atoms in total. The van der Waals surface area contributed by atoms with Gasteiger partial charge in [0.2, 0.25) is 5.95 Å². The van der Waals surface area contributed by atoms with Crippen molar-refractivity contribution < 1.29 is 18.0 Å². The molecule has 0 radical (unpaired) electrons. The quantitative estimate of drug-likeness (QED) is 0.704. The largest absolute Gasteiger partial charge is 0.416 e. The summed E-state index contributed by atoms with van der Waals surface area (Å²) in [6.45, 7) is 4.91. The number of carbonyl (C=O) groups is 1. The average molecular weight is 460 g/mol. The molecule has 0 bridgehead atoms. The first-order valence-corrected chi connectivity index (χ1v) is 11.7. The number of nitrogens with zero attached hydrogens (tertiary/aromatic N) is 5. The van der Waals surface area contributed by atoms with Crippen LogP contribution in [0.4, 0.5) is 19.1 Å². The van der Waals surface area contributed by atoms with Crippen molar-refractivity contribution in [1.82, 2.24) is 19.8 Å². The summed E-state index contributed by atoms with van der Waals surface area (Å²) in [4.78, 5) is 28.9. The summed E-state index contributed by atoms with van der Waals surface area (Å²) in [5.41, 5.74) is 1.52. The van der Waals surface area contributed by atoms with E-state index in [-0.39, 0.29) is 11.5 Å². The predicted molar refractivity (Wildman–Crippen MR) is 118 cm³/mol. The number of hydrogen-bond acceptors (Lipinski definition) is 5. The molecule has 1 saturated heterocycles. The van der Waals surface area contributed by atoms with Crippen LogP contribution >= 0.6 is 0 Å². The molecule has 5 rings (SSSR count). The van der Waals surface area contributed by atoms with E-state index in [0.717, 1.165) is 61.6 Å². The van der Waals surface area contributed by atoms with Crippen LogP contribution in [0, 0.1) is 0 Å². The lowest BCUT2D eigenvalue weighted by Gasteiger charge is -2.43. The molecule has 0 unspecified atom stereocenters. The molecule has 2 aromatic rings. The fourth-order valence-electron chi connectivity index (χ4n) is 4.84. The SMILES string of the molecule is O=C(c1ccc(C(F)(F)F)cc1)N1CCc2cnc(N3CCN(C4CCC4)CC3)nc2CC1. The van der Waals surface area contributed by atoms with Crippen molar-refractivity contribution in [3.8, 4) is 0 Å². The molecule has 1 amide bonds. The van der Waals surface area contributed by atoms with Crippen LogP contribution in [0.15, 0.2) is 30.5 Å². The zero-order chi connectivity index (χ0) is 23.0. The molecule has 33 heavy (non-hydrogen) atoms. The maximum atomic E-state index is 12.9. The number of aromatic nitrogens is 2. The molecule has 0 spiro atoms. The summed E-state index contributed by atoms with van der Waals surface area (Å²) in [6.07, 6.45) is 2.69. The van der Waals surface area contributed by atoms with Crippen LogP contribution in [0.5, 0.6) is 0 Å². The second-order valence-electron chi connectivity index (χ2n) is 9.12. The van der Waals surface area contributed by atoms with Crippen LogP contribution in [0.25, 0.3) is 0 Å². The number of alkyl halides is 3. The van der Waals surface area contributed by atoms with Gasteiger partial charge in [0, 0.05) is 63.5 Å². The van der Waals surface area contributed by atoms with Crippen LogP contribution in [-0.2, 0) is 19.0 Å². The maximum Gasteiger partial charge on any atom is 0.416 e. The van der Waals surface area contributed by atoms with E-state index < -0.39 is 11.7 Å². The molecule has 9 heteroatoms. The highest BCUT2D eigenvalue weighted by Gasteiger charge is 2.31. The number of carbonyl (C=O) groups excluding carboxylic acids is 1. The van der Waals surface area contributed by atoms with Gasteiger partial charge in [-0.3, -0.25) is 9.69 Å².